The Morgan fingerprint density at radius 3 is 1.66 bits per heavy atom. The van der Waals surface area contributed by atoms with Gasteiger partial charge in [0.1, 0.15) is 18.2 Å². The van der Waals surface area contributed by atoms with Crippen LogP contribution in [0.4, 0.5) is 20.2 Å². The van der Waals surface area contributed by atoms with Crippen molar-refractivity contribution in [3.63, 3.8) is 0 Å². The highest BCUT2D eigenvalue weighted by atomic mass is 19.1. The van der Waals surface area contributed by atoms with Gasteiger partial charge in [-0.25, -0.2) is 8.78 Å². The Balaban J connectivity index is 1.93. The molecule has 0 saturated carbocycles. The smallest absolute Gasteiger partial charge is 0.266 e. The van der Waals surface area contributed by atoms with Gasteiger partial charge in [0, 0.05) is 18.4 Å². The van der Waals surface area contributed by atoms with Crippen LogP contribution in [0.1, 0.15) is 13.8 Å². The van der Waals surface area contributed by atoms with Crippen molar-refractivity contribution in [1.29, 1.82) is 0 Å². The molecule has 1 saturated heterocycles. The van der Waals surface area contributed by atoms with E-state index in [9.17, 15) is 18.4 Å². The number of hydrogen-bond donors (Lipinski definition) is 2. The zero-order valence-corrected chi connectivity index (χ0v) is 16.3. The Bertz CT molecular complexity index is 893. The maximum Gasteiger partial charge on any atom is 0.266 e. The Morgan fingerprint density at radius 2 is 1.31 bits per heavy atom. The fourth-order valence-corrected chi connectivity index (χ4v) is 2.70. The predicted molar refractivity (Wildman–Crippen MR) is 105 cm³/mol. The maximum absolute atomic E-state index is 13.1. The minimum absolute atomic E-state index is 0.120. The number of hydrogen-bond acceptors (Lipinski definition) is 4. The summed E-state index contributed by atoms with van der Waals surface area (Å²) in [4.78, 5) is 27.6. The first kappa shape index (κ1) is 20.3. The first-order valence-corrected chi connectivity index (χ1v) is 8.92. The topological polar surface area (TPSA) is 70.7 Å². The van der Waals surface area contributed by atoms with Crippen molar-refractivity contribution in [3.05, 3.63) is 71.6 Å². The summed E-state index contributed by atoms with van der Waals surface area (Å²) in [6.07, 6.45) is 0. The SMILES string of the molecule is CN1C(=C(C(=O)Nc2ccc(F)cc2)C(=O)Nc2ccc(F)cc2)OCC1(C)C. The second-order valence-corrected chi connectivity index (χ2v) is 7.26. The number of nitrogens with one attached hydrogen (secondary N) is 2. The second kappa shape index (κ2) is 7.90. The van der Waals surface area contributed by atoms with Gasteiger partial charge in [-0.15, -0.1) is 0 Å². The molecular weight excluding hydrogens is 380 g/mol. The highest BCUT2D eigenvalue weighted by Gasteiger charge is 2.39. The normalized spacial score (nSPS) is 14.9. The number of nitrogens with zero attached hydrogens (tertiary/aromatic N) is 1. The summed E-state index contributed by atoms with van der Waals surface area (Å²) in [5.74, 6) is -2.20. The average molecular weight is 401 g/mol. The summed E-state index contributed by atoms with van der Waals surface area (Å²) in [7, 11) is 1.72. The van der Waals surface area contributed by atoms with Crippen LogP contribution in [0.25, 0.3) is 0 Å². The van der Waals surface area contributed by atoms with Gasteiger partial charge in [0.15, 0.2) is 5.57 Å². The lowest BCUT2D eigenvalue weighted by Gasteiger charge is -2.26. The molecule has 1 aliphatic rings. The third kappa shape index (κ3) is 4.53. The summed E-state index contributed by atoms with van der Waals surface area (Å²) in [6.45, 7) is 4.11. The number of amides is 2. The van der Waals surface area contributed by atoms with E-state index in [1.165, 1.54) is 48.5 Å². The van der Waals surface area contributed by atoms with Crippen LogP contribution in [0.5, 0.6) is 0 Å². The number of anilines is 2. The van der Waals surface area contributed by atoms with E-state index in [1.807, 2.05) is 13.8 Å². The Morgan fingerprint density at radius 1 is 0.897 bits per heavy atom. The van der Waals surface area contributed by atoms with Crippen molar-refractivity contribution in [2.75, 3.05) is 24.3 Å². The predicted octanol–water partition coefficient (Wildman–Crippen LogP) is 3.49. The van der Waals surface area contributed by atoms with Crippen LogP contribution in [-0.4, -0.2) is 35.9 Å². The van der Waals surface area contributed by atoms with Crippen molar-refractivity contribution in [1.82, 2.24) is 4.90 Å². The van der Waals surface area contributed by atoms with Crippen molar-refractivity contribution in [2.24, 2.45) is 0 Å². The highest BCUT2D eigenvalue weighted by molar-refractivity contribution is 6.26. The third-order valence-corrected chi connectivity index (χ3v) is 4.65. The van der Waals surface area contributed by atoms with Gasteiger partial charge in [-0.05, 0) is 62.4 Å². The Kier molecular flexibility index (Phi) is 5.54. The van der Waals surface area contributed by atoms with Crippen LogP contribution in [0.15, 0.2) is 60.0 Å². The minimum atomic E-state index is -0.712. The van der Waals surface area contributed by atoms with E-state index >= 15 is 0 Å². The van der Waals surface area contributed by atoms with Crippen LogP contribution in [0.2, 0.25) is 0 Å². The van der Waals surface area contributed by atoms with Crippen molar-refractivity contribution in [3.8, 4) is 0 Å². The second-order valence-electron chi connectivity index (χ2n) is 7.26. The summed E-state index contributed by atoms with van der Waals surface area (Å²) in [6, 6.07) is 10.3. The fraction of sp³-hybridized carbons (Fsp3) is 0.238. The molecule has 2 amide bonds. The van der Waals surface area contributed by atoms with Crippen LogP contribution < -0.4 is 10.6 Å². The van der Waals surface area contributed by atoms with E-state index in [-0.39, 0.29) is 18.1 Å². The number of ether oxygens (including phenoxy) is 1. The lowest BCUT2D eigenvalue weighted by molar-refractivity contribution is -0.119. The summed E-state index contributed by atoms with van der Waals surface area (Å²) >= 11 is 0. The van der Waals surface area contributed by atoms with Gasteiger partial charge in [0.2, 0.25) is 5.88 Å². The number of rotatable bonds is 4. The molecule has 0 atom stereocenters. The Labute approximate surface area is 167 Å². The van der Waals surface area contributed by atoms with E-state index in [1.54, 1.807) is 11.9 Å². The molecular formula is C21H21F2N3O3. The monoisotopic (exact) mass is 401 g/mol. The summed E-state index contributed by atoms with van der Waals surface area (Å²) in [5.41, 5.74) is -0.0212. The number of halogens is 2. The lowest BCUT2D eigenvalue weighted by atomic mass is 10.1. The maximum atomic E-state index is 13.1. The molecule has 0 spiro atoms. The van der Waals surface area contributed by atoms with Crippen LogP contribution in [0.3, 0.4) is 0 Å². The quantitative estimate of drug-likeness (QED) is 0.467. The summed E-state index contributed by atoms with van der Waals surface area (Å²) in [5, 5.41) is 5.16. The molecule has 1 aliphatic heterocycles. The molecule has 0 aromatic heterocycles. The fourth-order valence-electron chi connectivity index (χ4n) is 2.70. The number of carbonyl (C=O) groups is 2. The first-order chi connectivity index (χ1) is 13.7. The van der Waals surface area contributed by atoms with E-state index in [4.69, 9.17) is 4.74 Å². The van der Waals surface area contributed by atoms with Gasteiger partial charge in [0.05, 0.1) is 5.54 Å². The molecule has 0 radical (unpaired) electrons. The highest BCUT2D eigenvalue weighted by Crippen LogP contribution is 2.30. The molecule has 3 rings (SSSR count). The number of carbonyl (C=O) groups excluding carboxylic acids is 2. The molecule has 1 fully saturated rings. The average Bonchev–Trinajstić information content (AvgIpc) is 2.93. The van der Waals surface area contributed by atoms with Gasteiger partial charge < -0.3 is 20.3 Å². The van der Waals surface area contributed by atoms with Crippen molar-refractivity contribution < 1.29 is 23.1 Å². The minimum Gasteiger partial charge on any atom is -0.476 e. The van der Waals surface area contributed by atoms with E-state index < -0.39 is 29.0 Å². The van der Waals surface area contributed by atoms with E-state index in [2.05, 4.69) is 10.6 Å². The molecule has 0 aliphatic carbocycles. The largest absolute Gasteiger partial charge is 0.476 e. The van der Waals surface area contributed by atoms with Crippen LogP contribution >= 0.6 is 0 Å². The van der Waals surface area contributed by atoms with Crippen molar-refractivity contribution >= 4 is 23.2 Å². The molecule has 2 N–H and O–H groups in total. The molecule has 0 unspecified atom stereocenters. The van der Waals surface area contributed by atoms with E-state index in [0.717, 1.165) is 0 Å². The zero-order valence-electron chi connectivity index (χ0n) is 16.3. The molecule has 8 heteroatoms. The van der Waals surface area contributed by atoms with Crippen LogP contribution in [-0.2, 0) is 14.3 Å². The van der Waals surface area contributed by atoms with Crippen LogP contribution in [0, 0.1) is 11.6 Å². The molecule has 2 aromatic rings. The lowest BCUT2D eigenvalue weighted by Crippen LogP contribution is -2.38. The van der Waals surface area contributed by atoms with Gasteiger partial charge in [-0.2, -0.15) is 0 Å². The number of benzene rings is 2. The first-order valence-electron chi connectivity index (χ1n) is 8.92. The zero-order chi connectivity index (χ0) is 21.2. The molecule has 2 aromatic carbocycles. The molecule has 1 heterocycles. The molecule has 29 heavy (non-hydrogen) atoms. The third-order valence-electron chi connectivity index (χ3n) is 4.65. The Hall–Kier alpha value is -3.42. The molecule has 6 nitrogen and oxygen atoms in total. The van der Waals surface area contributed by atoms with E-state index in [0.29, 0.717) is 11.4 Å². The molecule has 152 valence electrons. The van der Waals surface area contributed by atoms with Gasteiger partial charge >= 0.3 is 0 Å². The van der Waals surface area contributed by atoms with Gasteiger partial charge in [-0.1, -0.05) is 0 Å². The van der Waals surface area contributed by atoms with Gasteiger partial charge in [-0.3, -0.25) is 9.59 Å². The summed E-state index contributed by atoms with van der Waals surface area (Å²) < 4.78 is 31.9. The van der Waals surface area contributed by atoms with Crippen molar-refractivity contribution in [2.45, 2.75) is 19.4 Å². The molecule has 0 bridgehead atoms. The number of likely N-dealkylation sites (N-methyl/N-ethyl adjacent to an activating group) is 1. The van der Waals surface area contributed by atoms with Gasteiger partial charge in [0.25, 0.3) is 11.8 Å². The standard InChI is InChI=1S/C21H21F2N3O3/c1-21(2)12-29-20(26(21)3)17(18(27)24-15-8-4-13(22)5-9-15)19(28)25-16-10-6-14(23)7-11-16/h4-11H,12H2,1-3H3,(H,24,27)(H,25,28).